The summed E-state index contributed by atoms with van der Waals surface area (Å²) in [5.41, 5.74) is 23.3. The Bertz CT molecular complexity index is 9300. The molecule has 14 nitrogen and oxygen atoms in total. The molecule has 0 aliphatic carbocycles. The van der Waals surface area contributed by atoms with Crippen LogP contribution in [0.3, 0.4) is 0 Å². The standard InChI is InChI=1S/C37H19N3O.2C36H18N4O/c1-2-9-21-20(8-1)23-15-17-29-33-31(23)35-25(21)11-7-19-38(35)37(33)34-30(41-29)18-16-24-22-10-3-4-12-26(22)39-27-13-5-6-14-28(27)40(37)36(39)32(24)34;1-2-8-20-19(7-1)22-13-15-27-31-29(22)33-24(20)10-6-18-38(33)36(31)32-28(41-27)16-14-23-21-9-3-4-11-25(21)39-34-26(12-5-17-37-34)40(36)35(39)30(23)32;1-2-7-20-19(6-1)22-11-13-28-32-30(22)34-24(20)8-5-17-38(34)36(32)33-29(41-28)14-12-23-21-15-16-37-18-27(21)39-25-9-3-4-10-26(25)40(36)35(39)31(23)33/h1-19H;2*1-18H/q3*+2. The van der Waals surface area contributed by atoms with Crippen molar-refractivity contribution in [2.24, 2.45) is 0 Å². The summed E-state index contributed by atoms with van der Waals surface area (Å²) in [5.74, 6) is 5.58. The molecular formula is C109H55N11O3+6. The van der Waals surface area contributed by atoms with E-state index in [0.717, 1.165) is 56.7 Å². The van der Waals surface area contributed by atoms with Crippen LogP contribution in [0.15, 0.2) is 334 Å². The van der Waals surface area contributed by atoms with Gasteiger partial charge in [0.25, 0.3) is 5.65 Å². The number of rotatable bonds is 0. The second-order valence-electron chi connectivity index (χ2n) is 34.8. The number of benzene rings is 16. The number of ether oxygens (including phenoxy) is 3. The third kappa shape index (κ3) is 6.09. The van der Waals surface area contributed by atoms with E-state index >= 15 is 0 Å². The molecule has 0 N–H and O–H groups in total. The summed E-state index contributed by atoms with van der Waals surface area (Å²) in [6.07, 6.45) is 12.7. The number of aromatic nitrogens is 11. The summed E-state index contributed by atoms with van der Waals surface area (Å²) in [7, 11) is 0. The summed E-state index contributed by atoms with van der Waals surface area (Å²) in [6, 6.07) is 108. The smallest absolute Gasteiger partial charge is 0.372 e. The van der Waals surface area contributed by atoms with Crippen molar-refractivity contribution in [3.8, 4) is 34.5 Å². The molecule has 11 aromatic heterocycles. The van der Waals surface area contributed by atoms with Crippen molar-refractivity contribution in [2.75, 3.05) is 0 Å². The Hall–Kier alpha value is -16.6. The van der Waals surface area contributed by atoms with Crippen LogP contribution >= 0.6 is 0 Å². The highest BCUT2D eigenvalue weighted by atomic mass is 16.5. The molecule has 3 unspecified atom stereocenters. The third-order valence-electron chi connectivity index (χ3n) is 30.1. The monoisotopic (exact) mass is 1570 g/mol. The van der Waals surface area contributed by atoms with E-state index in [-0.39, 0.29) is 0 Å². The molecule has 9 aliphatic heterocycles. The van der Waals surface area contributed by atoms with Crippen molar-refractivity contribution < 1.29 is 41.6 Å². The SMILES string of the molecule is c1ccc2c(c1)c1ccc3c4c1c1c2ccc[n+]1C41c2c(ccc4c5ccccc5n5c6ccccc6[n+]1c5c24)O3.c1ccc2c(c1)c1ccc3c4c1c1c2ccc[n+]1C41c2c(ccc4c5ccccc5n5c6ncccc6[n+]1c5c24)O3.c1ccc2c(c1)c1ccc3c4c1c1c2ccc[n+]1C41c2c(ccc4c5ccncc5n5c6ccccc6[n+]1c5c24)O3. The Morgan fingerprint density at radius 3 is 0.943 bits per heavy atom. The van der Waals surface area contributed by atoms with Crippen LogP contribution in [-0.2, 0) is 17.0 Å². The van der Waals surface area contributed by atoms with Gasteiger partial charge in [0.15, 0.2) is 46.2 Å². The highest BCUT2D eigenvalue weighted by Crippen LogP contribution is 2.64. The molecule has 0 saturated carbocycles. The molecule has 558 valence electrons. The zero-order chi connectivity index (χ0) is 78.6. The molecule has 9 aliphatic rings. The first kappa shape index (κ1) is 60.8. The average molecular weight is 1570 g/mol. The van der Waals surface area contributed by atoms with E-state index in [0.29, 0.717) is 0 Å². The second kappa shape index (κ2) is 19.7. The van der Waals surface area contributed by atoms with Gasteiger partial charge >= 0.3 is 33.9 Å². The van der Waals surface area contributed by atoms with Gasteiger partial charge in [0.2, 0.25) is 22.1 Å². The zero-order valence-electron chi connectivity index (χ0n) is 64.9. The lowest BCUT2D eigenvalue weighted by molar-refractivity contribution is -0.935. The summed E-state index contributed by atoms with van der Waals surface area (Å²) < 4.78 is 43.3. The molecule has 0 fully saturated rings. The van der Waals surface area contributed by atoms with Gasteiger partial charge in [0, 0.05) is 62.9 Å². The van der Waals surface area contributed by atoms with E-state index in [1.165, 1.54) is 224 Å². The van der Waals surface area contributed by atoms with Crippen molar-refractivity contribution in [1.29, 1.82) is 0 Å². The number of fused-ring (bicyclic) bond motifs is 27. The van der Waals surface area contributed by atoms with Gasteiger partial charge in [-0.05, 0) is 194 Å². The normalized spacial score (nSPS) is 17.6. The molecule has 14 heteroatoms. The largest absolute Gasteiger partial charge is 0.456 e. The molecule has 0 amide bonds. The maximum Gasteiger partial charge on any atom is 0.372 e. The quantitative estimate of drug-likeness (QED) is 0.111. The molecular weight excluding hydrogens is 1510 g/mol. The van der Waals surface area contributed by atoms with Crippen LogP contribution < -0.4 is 41.6 Å². The van der Waals surface area contributed by atoms with Crippen molar-refractivity contribution in [3.05, 3.63) is 368 Å². The fourth-order valence-corrected chi connectivity index (χ4v) is 26.3. The molecule has 0 bridgehead atoms. The topological polar surface area (TPSA) is 90.0 Å². The lowest BCUT2D eigenvalue weighted by Gasteiger charge is -2.28. The second-order valence-corrected chi connectivity index (χ2v) is 34.8. The molecule has 16 aromatic carbocycles. The summed E-state index contributed by atoms with van der Waals surface area (Å²) >= 11 is 0. The Labute approximate surface area is 692 Å². The van der Waals surface area contributed by atoms with Crippen LogP contribution in [0.2, 0.25) is 0 Å². The molecule has 3 spiro atoms. The minimum atomic E-state index is -0.642. The number of hydrogen-bond acceptors (Lipinski definition) is 5. The first-order chi connectivity index (χ1) is 61.1. The molecule has 123 heavy (non-hydrogen) atoms. The molecule has 36 rings (SSSR count). The number of para-hydroxylation sites is 6. The van der Waals surface area contributed by atoms with E-state index < -0.39 is 17.0 Å². The Morgan fingerprint density at radius 2 is 0.528 bits per heavy atom. The molecule has 0 saturated heterocycles. The fourth-order valence-electron chi connectivity index (χ4n) is 26.3. The van der Waals surface area contributed by atoms with Gasteiger partial charge in [0.1, 0.15) is 78.9 Å². The summed E-state index contributed by atoms with van der Waals surface area (Å²) in [5, 5.41) is 30.4. The highest BCUT2D eigenvalue weighted by Gasteiger charge is 2.72. The van der Waals surface area contributed by atoms with Crippen LogP contribution in [0.25, 0.3) is 213 Å². The minimum absolute atomic E-state index is 0.602. The fraction of sp³-hybridized carbons (Fsp3) is 0.0275. The molecule has 27 aromatic rings. The van der Waals surface area contributed by atoms with Crippen LogP contribution in [0.1, 0.15) is 33.4 Å². The number of pyridine rings is 8. The number of nitrogens with zero attached hydrogens (tertiary/aromatic N) is 11. The van der Waals surface area contributed by atoms with Crippen LogP contribution in [0, 0.1) is 0 Å². The molecule has 3 atom stereocenters. The number of hydrogen-bond donors (Lipinski definition) is 0. The van der Waals surface area contributed by atoms with Gasteiger partial charge in [-0.15, -0.1) is 27.4 Å². The van der Waals surface area contributed by atoms with E-state index in [4.69, 9.17) is 19.2 Å². The van der Waals surface area contributed by atoms with Crippen molar-refractivity contribution >= 4 is 213 Å². The first-order valence-electron chi connectivity index (χ1n) is 42.4. The van der Waals surface area contributed by atoms with Gasteiger partial charge in [-0.2, -0.15) is 13.2 Å². The Kier molecular flexibility index (Phi) is 9.76. The highest BCUT2D eigenvalue weighted by molar-refractivity contribution is 6.30. The third-order valence-corrected chi connectivity index (χ3v) is 30.1. The van der Waals surface area contributed by atoms with E-state index in [9.17, 15) is 0 Å². The number of imidazole rings is 3. The lowest BCUT2D eigenvalue weighted by atomic mass is 9.84. The van der Waals surface area contributed by atoms with Gasteiger partial charge in [-0.1, -0.05) is 133 Å². The summed E-state index contributed by atoms with van der Waals surface area (Å²) in [4.78, 5) is 9.59. The van der Waals surface area contributed by atoms with Gasteiger partial charge < -0.3 is 14.2 Å². The van der Waals surface area contributed by atoms with Crippen LogP contribution in [-0.4, -0.2) is 23.2 Å². The molecule has 0 radical (unpaired) electrons. The Morgan fingerprint density at radius 1 is 0.228 bits per heavy atom. The average Bonchev–Trinajstić information content (AvgIpc) is 1.47. The lowest BCUT2D eigenvalue weighted by Crippen LogP contribution is -2.72. The van der Waals surface area contributed by atoms with Crippen molar-refractivity contribution in [1.82, 2.24) is 23.2 Å². The van der Waals surface area contributed by atoms with Gasteiger partial charge in [0.05, 0.1) is 54.7 Å². The van der Waals surface area contributed by atoms with Gasteiger partial charge in [-0.25, -0.2) is 4.98 Å². The maximum atomic E-state index is 6.88. The van der Waals surface area contributed by atoms with Crippen molar-refractivity contribution in [2.45, 2.75) is 17.0 Å². The Balaban J connectivity index is 0.0000000848. The first-order valence-corrected chi connectivity index (χ1v) is 42.4. The van der Waals surface area contributed by atoms with Crippen LogP contribution in [0.5, 0.6) is 34.5 Å². The van der Waals surface area contributed by atoms with E-state index in [2.05, 4.69) is 361 Å². The van der Waals surface area contributed by atoms with Crippen LogP contribution in [0.4, 0.5) is 0 Å². The summed E-state index contributed by atoms with van der Waals surface area (Å²) in [6.45, 7) is 0. The predicted molar refractivity (Wildman–Crippen MR) is 478 cm³/mol. The van der Waals surface area contributed by atoms with E-state index in [1.54, 1.807) is 0 Å². The van der Waals surface area contributed by atoms with Crippen molar-refractivity contribution in [3.63, 3.8) is 0 Å². The molecule has 20 heterocycles. The predicted octanol–water partition coefficient (Wildman–Crippen LogP) is 21.2. The van der Waals surface area contributed by atoms with Gasteiger partial charge in [-0.3, -0.25) is 4.98 Å². The zero-order valence-corrected chi connectivity index (χ0v) is 64.9. The van der Waals surface area contributed by atoms with E-state index in [1.807, 2.05) is 18.6 Å². The maximum absolute atomic E-state index is 6.88. The minimum Gasteiger partial charge on any atom is -0.456 e.